The molecule has 1 aliphatic carbocycles. The molecule has 0 aromatic carbocycles. The molecule has 2 fully saturated rings. The largest absolute Gasteiger partial charge is 0.329 e. The zero-order valence-corrected chi connectivity index (χ0v) is 14.3. The minimum absolute atomic E-state index is 0.0274. The quantitative estimate of drug-likeness (QED) is 0.804. The molecule has 2 rings (SSSR count). The third kappa shape index (κ3) is 3.43. The maximum absolute atomic E-state index is 12.8. The highest BCUT2D eigenvalue weighted by Crippen LogP contribution is 2.36. The van der Waals surface area contributed by atoms with Crippen LogP contribution in [-0.2, 0) is 19.9 Å². The number of hydrogen-bond acceptors (Lipinski definition) is 5. The molecule has 124 valence electrons. The van der Waals surface area contributed by atoms with Gasteiger partial charge in [-0.2, -0.15) is 4.31 Å². The molecular formula is C13H26N2O4S2. The van der Waals surface area contributed by atoms with Crippen LogP contribution in [0.4, 0.5) is 0 Å². The summed E-state index contributed by atoms with van der Waals surface area (Å²) in [5.74, 6) is -0.0548. The lowest BCUT2D eigenvalue weighted by molar-refractivity contribution is 0.157. The molecule has 1 saturated carbocycles. The number of rotatable bonds is 4. The first-order valence-corrected chi connectivity index (χ1v) is 10.9. The monoisotopic (exact) mass is 338 g/mol. The van der Waals surface area contributed by atoms with Crippen molar-refractivity contribution >= 4 is 19.9 Å². The summed E-state index contributed by atoms with van der Waals surface area (Å²) in [6, 6.07) is 0. The Kier molecular flexibility index (Phi) is 5.02. The van der Waals surface area contributed by atoms with Crippen molar-refractivity contribution in [3.8, 4) is 0 Å². The van der Waals surface area contributed by atoms with E-state index < -0.39 is 30.6 Å². The van der Waals surface area contributed by atoms with Crippen molar-refractivity contribution in [2.24, 2.45) is 5.73 Å². The molecule has 21 heavy (non-hydrogen) atoms. The van der Waals surface area contributed by atoms with Gasteiger partial charge < -0.3 is 5.73 Å². The second-order valence-electron chi connectivity index (χ2n) is 6.35. The average Bonchev–Trinajstić information content (AvgIpc) is 2.46. The van der Waals surface area contributed by atoms with Crippen LogP contribution >= 0.6 is 0 Å². The van der Waals surface area contributed by atoms with Crippen LogP contribution in [0.3, 0.4) is 0 Å². The van der Waals surface area contributed by atoms with E-state index >= 15 is 0 Å². The summed E-state index contributed by atoms with van der Waals surface area (Å²) < 4.78 is 50.1. The van der Waals surface area contributed by atoms with Crippen molar-refractivity contribution < 1.29 is 16.8 Å². The summed E-state index contributed by atoms with van der Waals surface area (Å²) in [5, 5.41) is -0.587. The molecule has 0 bridgehead atoms. The van der Waals surface area contributed by atoms with E-state index in [4.69, 9.17) is 5.73 Å². The summed E-state index contributed by atoms with van der Waals surface area (Å²) in [6.07, 6.45) is 5.11. The first kappa shape index (κ1) is 17.2. The zero-order valence-electron chi connectivity index (χ0n) is 12.6. The Hall–Kier alpha value is -0.180. The molecule has 2 N–H and O–H groups in total. The lowest BCUT2D eigenvalue weighted by Gasteiger charge is -2.44. The molecule has 1 aliphatic heterocycles. The Morgan fingerprint density at radius 1 is 1.14 bits per heavy atom. The van der Waals surface area contributed by atoms with Gasteiger partial charge in [0, 0.05) is 19.1 Å². The van der Waals surface area contributed by atoms with Gasteiger partial charge in [0.15, 0.2) is 0 Å². The first-order chi connectivity index (χ1) is 9.73. The lowest BCUT2D eigenvalue weighted by atomic mass is 9.82. The van der Waals surface area contributed by atoms with Gasteiger partial charge in [-0.15, -0.1) is 0 Å². The molecule has 8 heteroatoms. The third-order valence-electron chi connectivity index (χ3n) is 5.14. The van der Waals surface area contributed by atoms with E-state index in [2.05, 4.69) is 0 Å². The molecule has 1 heterocycles. The summed E-state index contributed by atoms with van der Waals surface area (Å²) in [6.45, 7) is 0.327. The van der Waals surface area contributed by atoms with Crippen LogP contribution in [0, 0.1) is 0 Å². The molecule has 0 atom stereocenters. The molecule has 0 aromatic heterocycles. The fourth-order valence-electron chi connectivity index (χ4n) is 3.52. The zero-order chi connectivity index (χ0) is 15.7. The fraction of sp³-hybridized carbons (Fsp3) is 1.00. The van der Waals surface area contributed by atoms with Gasteiger partial charge >= 0.3 is 0 Å². The van der Waals surface area contributed by atoms with E-state index in [1.807, 2.05) is 0 Å². The van der Waals surface area contributed by atoms with E-state index in [0.29, 0.717) is 6.54 Å². The highest BCUT2D eigenvalue weighted by atomic mass is 32.2. The van der Waals surface area contributed by atoms with Crippen molar-refractivity contribution in [3.05, 3.63) is 0 Å². The second-order valence-corrected chi connectivity index (χ2v) is 10.9. The van der Waals surface area contributed by atoms with Crippen molar-refractivity contribution in [1.82, 2.24) is 4.31 Å². The standard InChI is InChI=1S/C13H26N2O4S2/c1-15(13(11-14)7-3-2-4-8-13)21(18,19)12-5-9-20(16,17)10-6-12/h12H,2-11,14H2,1H3. The Morgan fingerprint density at radius 3 is 2.14 bits per heavy atom. The number of nitrogens with two attached hydrogens (primary N) is 1. The molecule has 0 aromatic rings. The van der Waals surface area contributed by atoms with E-state index in [1.165, 1.54) is 4.31 Å². The number of sulfone groups is 1. The van der Waals surface area contributed by atoms with Crippen molar-refractivity contribution in [3.63, 3.8) is 0 Å². The van der Waals surface area contributed by atoms with Crippen molar-refractivity contribution in [2.75, 3.05) is 25.1 Å². The Labute approximate surface area is 128 Å². The number of sulfonamides is 1. The Balaban J connectivity index is 2.18. The van der Waals surface area contributed by atoms with Gasteiger partial charge in [-0.05, 0) is 25.7 Å². The normalized spacial score (nSPS) is 26.8. The number of hydrogen-bond donors (Lipinski definition) is 1. The van der Waals surface area contributed by atoms with Gasteiger partial charge in [-0.25, -0.2) is 16.8 Å². The lowest BCUT2D eigenvalue weighted by Crippen LogP contribution is -2.57. The minimum Gasteiger partial charge on any atom is -0.329 e. The van der Waals surface area contributed by atoms with Gasteiger partial charge in [0.1, 0.15) is 9.84 Å². The average molecular weight is 338 g/mol. The fourth-order valence-corrected chi connectivity index (χ4v) is 7.38. The number of nitrogens with zero attached hydrogens (tertiary/aromatic N) is 1. The molecule has 1 saturated heterocycles. The third-order valence-corrected chi connectivity index (χ3v) is 9.32. The molecule has 0 radical (unpaired) electrons. The van der Waals surface area contributed by atoms with Crippen LogP contribution in [0.5, 0.6) is 0 Å². The van der Waals surface area contributed by atoms with Crippen LogP contribution in [0.15, 0.2) is 0 Å². The van der Waals surface area contributed by atoms with Gasteiger partial charge in [0.05, 0.1) is 16.8 Å². The Bertz CT molecular complexity index is 551. The smallest absolute Gasteiger partial charge is 0.217 e. The molecule has 0 amide bonds. The topological polar surface area (TPSA) is 97.5 Å². The van der Waals surface area contributed by atoms with Gasteiger partial charge in [-0.3, -0.25) is 0 Å². The molecule has 6 nitrogen and oxygen atoms in total. The Morgan fingerprint density at radius 2 is 1.67 bits per heavy atom. The highest BCUT2D eigenvalue weighted by molar-refractivity contribution is 7.92. The van der Waals surface area contributed by atoms with Crippen molar-refractivity contribution in [2.45, 2.75) is 55.7 Å². The van der Waals surface area contributed by atoms with Crippen LogP contribution in [0.1, 0.15) is 44.9 Å². The van der Waals surface area contributed by atoms with E-state index in [-0.39, 0.29) is 24.3 Å². The van der Waals surface area contributed by atoms with Crippen LogP contribution < -0.4 is 5.73 Å². The minimum atomic E-state index is -3.49. The van der Waals surface area contributed by atoms with E-state index in [1.54, 1.807) is 7.05 Å². The highest BCUT2D eigenvalue weighted by Gasteiger charge is 2.44. The summed E-state index contributed by atoms with van der Waals surface area (Å²) in [4.78, 5) is 0. The van der Waals surface area contributed by atoms with Crippen LogP contribution in [0.25, 0.3) is 0 Å². The predicted octanol–water partition coefficient (Wildman–Crippen LogP) is 0.487. The van der Waals surface area contributed by atoms with Crippen LogP contribution in [-0.4, -0.2) is 57.0 Å². The first-order valence-electron chi connectivity index (χ1n) is 7.62. The summed E-state index contributed by atoms with van der Waals surface area (Å²) >= 11 is 0. The summed E-state index contributed by atoms with van der Waals surface area (Å²) in [5.41, 5.74) is 5.43. The predicted molar refractivity (Wildman–Crippen MR) is 83.2 cm³/mol. The second kappa shape index (κ2) is 6.14. The van der Waals surface area contributed by atoms with Crippen molar-refractivity contribution in [1.29, 1.82) is 0 Å². The summed E-state index contributed by atoms with van der Waals surface area (Å²) in [7, 11) is -4.93. The maximum atomic E-state index is 12.8. The van der Waals surface area contributed by atoms with Gasteiger partial charge in [0.25, 0.3) is 0 Å². The SMILES string of the molecule is CN(C1(CN)CCCCC1)S(=O)(=O)C1CCS(=O)(=O)CC1. The molecular weight excluding hydrogens is 312 g/mol. The van der Waals surface area contributed by atoms with Gasteiger partial charge in [-0.1, -0.05) is 19.3 Å². The molecule has 2 aliphatic rings. The van der Waals surface area contributed by atoms with Crippen LogP contribution in [0.2, 0.25) is 0 Å². The van der Waals surface area contributed by atoms with E-state index in [0.717, 1.165) is 32.1 Å². The molecule has 0 unspecified atom stereocenters. The van der Waals surface area contributed by atoms with E-state index in [9.17, 15) is 16.8 Å². The van der Waals surface area contributed by atoms with Gasteiger partial charge in [0.2, 0.25) is 10.0 Å². The molecule has 0 spiro atoms. The maximum Gasteiger partial charge on any atom is 0.217 e. The number of likely N-dealkylation sites (N-methyl/N-ethyl adjacent to an activating group) is 1.